The van der Waals surface area contributed by atoms with Crippen LogP contribution in [-0.2, 0) is 0 Å². The fourth-order valence-corrected chi connectivity index (χ4v) is 5.11. The summed E-state index contributed by atoms with van der Waals surface area (Å²) in [5.74, 6) is 0.497. The van der Waals surface area contributed by atoms with Gasteiger partial charge in [0.05, 0.1) is 15.5 Å². The maximum absolute atomic E-state index is 12.3. The van der Waals surface area contributed by atoms with E-state index in [9.17, 15) is 4.79 Å². The number of nitrogens with two attached hydrogens (primary N) is 1. The molecule has 2 saturated carbocycles. The van der Waals surface area contributed by atoms with E-state index in [0.717, 1.165) is 34.2 Å². The van der Waals surface area contributed by atoms with Gasteiger partial charge in [0.25, 0.3) is 0 Å². The molecule has 116 valence electrons. The molecule has 1 heterocycles. The number of nitrogen functional groups attached to an aromatic ring is 1. The maximum atomic E-state index is 12.3. The van der Waals surface area contributed by atoms with Gasteiger partial charge in [0, 0.05) is 12.5 Å². The van der Waals surface area contributed by atoms with Crippen molar-refractivity contribution in [2.45, 2.75) is 50.3 Å². The number of hydrogen-bond acceptors (Lipinski definition) is 5. The molecule has 3 N–H and O–H groups in total. The molecule has 3 nitrogen and oxygen atoms in total. The van der Waals surface area contributed by atoms with E-state index >= 15 is 0 Å². The number of hydrogen-bond donors (Lipinski definition) is 2. The second kappa shape index (κ2) is 5.84. The predicted molar refractivity (Wildman–Crippen MR) is 92.6 cm³/mol. The van der Waals surface area contributed by atoms with Crippen LogP contribution in [-0.4, -0.2) is 18.6 Å². The molecule has 0 saturated heterocycles. The van der Waals surface area contributed by atoms with Crippen molar-refractivity contribution in [3.05, 3.63) is 4.88 Å². The van der Waals surface area contributed by atoms with Gasteiger partial charge in [-0.3, -0.25) is 4.79 Å². The van der Waals surface area contributed by atoms with Crippen molar-refractivity contribution >= 4 is 39.6 Å². The standard InChI is InChI=1S/C16H24N2OS2/c1-3-16(7-4-8-16)9-18-15-14(20-2)11(17)13(21-15)12(19)10-5-6-10/h10,18H,3-9,17H2,1-2H3. The average molecular weight is 325 g/mol. The Labute approximate surface area is 135 Å². The highest BCUT2D eigenvalue weighted by Crippen LogP contribution is 2.48. The summed E-state index contributed by atoms with van der Waals surface area (Å²) < 4.78 is 0. The van der Waals surface area contributed by atoms with Crippen LogP contribution in [0.1, 0.15) is 55.1 Å². The third kappa shape index (κ3) is 2.82. The number of ketones is 1. The molecular formula is C16H24N2OS2. The lowest BCUT2D eigenvalue weighted by Crippen LogP contribution is -2.35. The van der Waals surface area contributed by atoms with Gasteiger partial charge in [0.1, 0.15) is 5.00 Å². The number of nitrogens with one attached hydrogen (secondary N) is 1. The van der Waals surface area contributed by atoms with E-state index in [2.05, 4.69) is 12.2 Å². The van der Waals surface area contributed by atoms with E-state index in [0.29, 0.717) is 11.1 Å². The van der Waals surface area contributed by atoms with E-state index in [-0.39, 0.29) is 11.7 Å². The monoisotopic (exact) mass is 324 g/mol. The molecule has 0 radical (unpaired) electrons. The van der Waals surface area contributed by atoms with Gasteiger partial charge in [0.15, 0.2) is 5.78 Å². The Kier molecular flexibility index (Phi) is 4.23. The highest BCUT2D eigenvalue weighted by atomic mass is 32.2. The lowest BCUT2D eigenvalue weighted by molar-refractivity contribution is 0.0972. The van der Waals surface area contributed by atoms with Gasteiger partial charge >= 0.3 is 0 Å². The van der Waals surface area contributed by atoms with Crippen LogP contribution in [0.4, 0.5) is 10.7 Å². The zero-order valence-corrected chi connectivity index (χ0v) is 14.5. The molecule has 2 fully saturated rings. The van der Waals surface area contributed by atoms with Crippen LogP contribution in [0.2, 0.25) is 0 Å². The van der Waals surface area contributed by atoms with Crippen molar-refractivity contribution in [2.24, 2.45) is 11.3 Å². The van der Waals surface area contributed by atoms with Crippen molar-refractivity contribution in [2.75, 3.05) is 23.9 Å². The molecule has 2 aliphatic rings. The first-order chi connectivity index (χ1) is 10.1. The third-order valence-electron chi connectivity index (χ3n) is 5.06. The Hall–Kier alpha value is -0.680. The zero-order valence-electron chi connectivity index (χ0n) is 12.8. The van der Waals surface area contributed by atoms with E-state index in [4.69, 9.17) is 5.73 Å². The molecule has 2 aliphatic carbocycles. The first-order valence-corrected chi connectivity index (χ1v) is 9.88. The quantitative estimate of drug-likeness (QED) is 0.567. The van der Waals surface area contributed by atoms with E-state index < -0.39 is 0 Å². The van der Waals surface area contributed by atoms with E-state index in [1.807, 2.05) is 6.26 Å². The van der Waals surface area contributed by atoms with Crippen molar-refractivity contribution in [1.82, 2.24) is 0 Å². The summed E-state index contributed by atoms with van der Waals surface area (Å²) in [7, 11) is 0. The minimum atomic E-state index is 0.238. The average Bonchev–Trinajstić information content (AvgIpc) is 3.23. The van der Waals surface area contributed by atoms with Crippen LogP contribution in [0, 0.1) is 11.3 Å². The lowest BCUT2D eigenvalue weighted by Gasteiger charge is -2.41. The lowest BCUT2D eigenvalue weighted by atomic mass is 9.67. The van der Waals surface area contributed by atoms with Gasteiger partial charge < -0.3 is 11.1 Å². The summed E-state index contributed by atoms with van der Waals surface area (Å²) in [6.45, 7) is 3.29. The summed E-state index contributed by atoms with van der Waals surface area (Å²) in [6, 6.07) is 0. The molecule has 0 aromatic carbocycles. The van der Waals surface area contributed by atoms with Crippen LogP contribution in [0.3, 0.4) is 0 Å². The molecule has 0 amide bonds. The number of carbonyl (C=O) groups is 1. The smallest absolute Gasteiger partial charge is 0.178 e. The van der Waals surface area contributed by atoms with Crippen LogP contribution >= 0.6 is 23.1 Å². The van der Waals surface area contributed by atoms with Crippen molar-refractivity contribution in [1.29, 1.82) is 0 Å². The molecule has 21 heavy (non-hydrogen) atoms. The fraction of sp³-hybridized carbons (Fsp3) is 0.688. The number of rotatable bonds is 7. The zero-order chi connectivity index (χ0) is 15.0. The second-order valence-corrected chi connectivity index (χ2v) is 8.24. The molecule has 0 bridgehead atoms. The van der Waals surface area contributed by atoms with Gasteiger partial charge in [-0.05, 0) is 43.8 Å². The summed E-state index contributed by atoms with van der Waals surface area (Å²) in [6.07, 6.45) is 9.32. The van der Waals surface area contributed by atoms with Gasteiger partial charge in [-0.1, -0.05) is 13.3 Å². The number of thiophene rings is 1. The Balaban J connectivity index is 1.77. The van der Waals surface area contributed by atoms with E-state index in [1.165, 1.54) is 25.7 Å². The number of anilines is 2. The molecule has 0 aliphatic heterocycles. The molecule has 0 atom stereocenters. The maximum Gasteiger partial charge on any atom is 0.178 e. The van der Waals surface area contributed by atoms with Crippen LogP contribution in [0.25, 0.3) is 0 Å². The largest absolute Gasteiger partial charge is 0.396 e. The van der Waals surface area contributed by atoms with Crippen molar-refractivity contribution < 1.29 is 4.79 Å². The fourth-order valence-electron chi connectivity index (χ4n) is 3.06. The molecule has 3 rings (SSSR count). The SMILES string of the molecule is CCC1(CNc2sc(C(=O)C3CC3)c(N)c2SC)CCC1. The van der Waals surface area contributed by atoms with E-state index in [1.54, 1.807) is 23.1 Å². The normalized spacial score (nSPS) is 20.1. The van der Waals surface area contributed by atoms with Crippen molar-refractivity contribution in [3.63, 3.8) is 0 Å². The van der Waals surface area contributed by atoms with Crippen LogP contribution in [0.5, 0.6) is 0 Å². The first-order valence-electron chi connectivity index (χ1n) is 7.84. The molecule has 1 aromatic rings. The molecule has 5 heteroatoms. The topological polar surface area (TPSA) is 55.1 Å². The number of Topliss-reactive ketones (excluding diaryl/α,β-unsaturated/α-hetero) is 1. The highest BCUT2D eigenvalue weighted by molar-refractivity contribution is 7.99. The van der Waals surface area contributed by atoms with Gasteiger partial charge in [-0.25, -0.2) is 0 Å². The van der Waals surface area contributed by atoms with Crippen molar-refractivity contribution in [3.8, 4) is 0 Å². The predicted octanol–water partition coefficient (Wildman–Crippen LogP) is 4.64. The van der Waals surface area contributed by atoms with Crippen LogP contribution < -0.4 is 11.1 Å². The Morgan fingerprint density at radius 1 is 1.48 bits per heavy atom. The molecule has 0 unspecified atom stereocenters. The highest BCUT2D eigenvalue weighted by Gasteiger charge is 2.36. The Morgan fingerprint density at radius 2 is 2.19 bits per heavy atom. The summed E-state index contributed by atoms with van der Waals surface area (Å²) >= 11 is 3.21. The molecule has 0 spiro atoms. The summed E-state index contributed by atoms with van der Waals surface area (Å²) in [4.78, 5) is 14.2. The second-order valence-electron chi connectivity index (χ2n) is 6.41. The minimum Gasteiger partial charge on any atom is -0.396 e. The third-order valence-corrected chi connectivity index (χ3v) is 7.20. The van der Waals surface area contributed by atoms with Gasteiger partial charge in [0.2, 0.25) is 0 Å². The van der Waals surface area contributed by atoms with Gasteiger partial charge in [-0.15, -0.1) is 23.1 Å². The summed E-state index contributed by atoms with van der Waals surface area (Å²) in [5, 5.41) is 4.70. The Morgan fingerprint density at radius 3 is 2.67 bits per heavy atom. The minimum absolute atomic E-state index is 0.238. The molecule has 1 aromatic heterocycles. The summed E-state index contributed by atoms with van der Waals surface area (Å²) in [5.41, 5.74) is 7.40. The Bertz CT molecular complexity index is 539. The number of thioether (sulfide) groups is 1. The van der Waals surface area contributed by atoms with Crippen LogP contribution in [0.15, 0.2) is 4.90 Å². The van der Waals surface area contributed by atoms with Gasteiger partial charge in [-0.2, -0.15) is 0 Å². The number of carbonyl (C=O) groups excluding carboxylic acids is 1. The first kappa shape index (κ1) is 15.2. The molecular weight excluding hydrogens is 300 g/mol.